The minimum atomic E-state index is -0.697. The summed E-state index contributed by atoms with van der Waals surface area (Å²) in [6.45, 7) is 4.54. The molecule has 0 spiro atoms. The monoisotopic (exact) mass is 258 g/mol. The Labute approximate surface area is 105 Å². The lowest BCUT2D eigenvalue weighted by Gasteiger charge is -2.08. The summed E-state index contributed by atoms with van der Waals surface area (Å²) in [7, 11) is 0. The molecular formula is C12H18O6. The highest BCUT2D eigenvalue weighted by atomic mass is 17.0. The Morgan fingerprint density at radius 1 is 0.889 bits per heavy atom. The van der Waals surface area contributed by atoms with E-state index in [2.05, 4.69) is 9.15 Å². The quantitative estimate of drug-likeness (QED) is 0.405. The zero-order valence-electron chi connectivity index (χ0n) is 10.7. The molecule has 0 bridgehead atoms. The summed E-state index contributed by atoms with van der Waals surface area (Å²) in [4.78, 5) is 22.9. The number of hydrogen-bond donors (Lipinski definition) is 0. The van der Waals surface area contributed by atoms with E-state index in [1.165, 1.54) is 0 Å². The number of carbonyl (C=O) groups excluding carboxylic acids is 2. The molecule has 1 rings (SSSR count). The van der Waals surface area contributed by atoms with Crippen molar-refractivity contribution in [1.29, 1.82) is 0 Å². The fraction of sp³-hybridized carbons (Fsp3) is 0.667. The van der Waals surface area contributed by atoms with Gasteiger partial charge in [-0.05, 0) is 12.8 Å². The molecule has 0 unspecified atom stereocenters. The van der Waals surface area contributed by atoms with E-state index in [4.69, 9.17) is 9.47 Å². The van der Waals surface area contributed by atoms with Crippen LogP contribution >= 0.6 is 0 Å². The highest BCUT2D eigenvalue weighted by Crippen LogP contribution is 2.16. The van der Waals surface area contributed by atoms with Gasteiger partial charge in [-0.25, -0.2) is 9.59 Å². The van der Waals surface area contributed by atoms with E-state index in [0.29, 0.717) is 13.2 Å². The van der Waals surface area contributed by atoms with Gasteiger partial charge in [-0.2, -0.15) is 0 Å². The fourth-order valence-corrected chi connectivity index (χ4v) is 1.13. The van der Waals surface area contributed by atoms with E-state index in [0.717, 1.165) is 25.7 Å². The van der Waals surface area contributed by atoms with Crippen LogP contribution in [0.5, 0.6) is 0 Å². The molecule has 1 aromatic rings. The molecule has 1 heterocycles. The van der Waals surface area contributed by atoms with E-state index < -0.39 is 11.9 Å². The second-order valence-corrected chi connectivity index (χ2v) is 3.80. The molecule has 0 aromatic carbocycles. The van der Waals surface area contributed by atoms with Crippen molar-refractivity contribution in [3.8, 4) is 0 Å². The number of unbranched alkanes of at least 4 members (excludes halogenated alkanes) is 2. The molecule has 1 aromatic heterocycles. The molecule has 0 N–H and O–H groups in total. The van der Waals surface area contributed by atoms with Crippen LogP contribution in [0.15, 0.2) is 9.15 Å². The van der Waals surface area contributed by atoms with Crippen LogP contribution in [-0.2, 0) is 9.47 Å². The van der Waals surface area contributed by atoms with Gasteiger partial charge < -0.3 is 9.47 Å². The summed E-state index contributed by atoms with van der Waals surface area (Å²) in [5.74, 6) is -1.82. The van der Waals surface area contributed by atoms with Gasteiger partial charge in [0.1, 0.15) is 0 Å². The van der Waals surface area contributed by atoms with E-state index in [9.17, 15) is 9.59 Å². The first-order chi connectivity index (χ1) is 8.70. The molecule has 6 nitrogen and oxygen atoms in total. The SMILES string of the molecule is CCCCOC(=O)c1ooc1C(=O)OCCCC. The van der Waals surface area contributed by atoms with Crippen molar-refractivity contribution >= 4 is 11.9 Å². The molecule has 0 saturated heterocycles. The average molecular weight is 258 g/mol. The van der Waals surface area contributed by atoms with E-state index in [1.54, 1.807) is 0 Å². The van der Waals surface area contributed by atoms with Gasteiger partial charge in [-0.3, -0.25) is 9.15 Å². The lowest BCUT2D eigenvalue weighted by molar-refractivity contribution is -0.0442. The second-order valence-electron chi connectivity index (χ2n) is 3.80. The molecule has 0 aliphatic heterocycles. The van der Waals surface area contributed by atoms with Crippen molar-refractivity contribution < 1.29 is 28.2 Å². The maximum atomic E-state index is 11.5. The fourth-order valence-electron chi connectivity index (χ4n) is 1.13. The molecule has 0 amide bonds. The molecule has 0 atom stereocenters. The summed E-state index contributed by atoms with van der Waals surface area (Å²) in [6.07, 6.45) is 3.34. The highest BCUT2D eigenvalue weighted by Gasteiger charge is 2.31. The Morgan fingerprint density at radius 3 is 1.56 bits per heavy atom. The standard InChI is InChI=1S/C12H18O6/c1-3-5-7-15-11(13)9-10(18-17-9)12(14)16-8-6-4-2/h3-8H2,1-2H3. The Morgan fingerprint density at radius 2 is 1.28 bits per heavy atom. The van der Waals surface area contributed by atoms with Gasteiger partial charge in [0, 0.05) is 0 Å². The van der Waals surface area contributed by atoms with Gasteiger partial charge in [-0.1, -0.05) is 26.7 Å². The molecule has 0 saturated carbocycles. The summed E-state index contributed by atoms with van der Waals surface area (Å²) in [5.41, 5.74) is 0. The number of esters is 2. The summed E-state index contributed by atoms with van der Waals surface area (Å²) < 4.78 is 18.7. The average Bonchev–Trinajstić information content (AvgIpc) is 2.28. The zero-order chi connectivity index (χ0) is 13.4. The number of rotatable bonds is 8. The first-order valence-electron chi connectivity index (χ1n) is 6.13. The van der Waals surface area contributed by atoms with Crippen LogP contribution in [0.25, 0.3) is 0 Å². The molecule has 0 fully saturated rings. The summed E-state index contributed by atoms with van der Waals surface area (Å²) in [6, 6.07) is 0. The Bertz CT molecular complexity index is 340. The highest BCUT2D eigenvalue weighted by molar-refractivity contribution is 5.99. The molecule has 0 radical (unpaired) electrons. The number of carbonyl (C=O) groups is 2. The molecule has 6 heteroatoms. The largest absolute Gasteiger partial charge is 0.460 e. The minimum absolute atomic E-state index is 0.215. The predicted molar refractivity (Wildman–Crippen MR) is 61.4 cm³/mol. The van der Waals surface area contributed by atoms with Crippen molar-refractivity contribution in [1.82, 2.24) is 0 Å². The van der Waals surface area contributed by atoms with Gasteiger partial charge in [0.05, 0.1) is 13.2 Å². The van der Waals surface area contributed by atoms with E-state index in [1.807, 2.05) is 13.8 Å². The topological polar surface area (TPSA) is 78.9 Å². The molecular weight excluding hydrogens is 240 g/mol. The smallest absolute Gasteiger partial charge is 0.383 e. The third-order valence-electron chi connectivity index (χ3n) is 2.25. The maximum Gasteiger partial charge on any atom is 0.383 e. The Balaban J connectivity index is 2.41. The van der Waals surface area contributed by atoms with Crippen molar-refractivity contribution in [2.75, 3.05) is 13.2 Å². The van der Waals surface area contributed by atoms with Gasteiger partial charge in [-0.15, -0.1) is 0 Å². The first-order valence-corrected chi connectivity index (χ1v) is 6.13. The van der Waals surface area contributed by atoms with Crippen molar-refractivity contribution in [2.24, 2.45) is 0 Å². The van der Waals surface area contributed by atoms with Gasteiger partial charge in [0.2, 0.25) is 0 Å². The lowest BCUT2D eigenvalue weighted by atomic mass is 10.3. The third-order valence-corrected chi connectivity index (χ3v) is 2.25. The van der Waals surface area contributed by atoms with Crippen LogP contribution in [0.2, 0.25) is 0 Å². The molecule has 0 aliphatic rings. The van der Waals surface area contributed by atoms with Crippen LogP contribution in [0.4, 0.5) is 0 Å². The van der Waals surface area contributed by atoms with Crippen LogP contribution in [-0.4, -0.2) is 25.2 Å². The molecule has 18 heavy (non-hydrogen) atoms. The van der Waals surface area contributed by atoms with E-state index in [-0.39, 0.29) is 11.5 Å². The maximum absolute atomic E-state index is 11.5. The van der Waals surface area contributed by atoms with Crippen LogP contribution in [0.3, 0.4) is 0 Å². The lowest BCUT2D eigenvalue weighted by Crippen LogP contribution is -2.17. The van der Waals surface area contributed by atoms with E-state index >= 15 is 0 Å². The normalized spacial score (nSPS) is 10.3. The number of ether oxygens (including phenoxy) is 2. The van der Waals surface area contributed by atoms with Crippen molar-refractivity contribution in [3.05, 3.63) is 11.5 Å². The summed E-state index contributed by atoms with van der Waals surface area (Å²) >= 11 is 0. The predicted octanol–water partition coefficient (Wildman–Crippen LogP) is 2.79. The first kappa shape index (κ1) is 14.3. The third kappa shape index (κ3) is 3.94. The Hall–Kier alpha value is -1.72. The van der Waals surface area contributed by atoms with Crippen LogP contribution < -0.4 is 0 Å². The summed E-state index contributed by atoms with van der Waals surface area (Å²) in [5, 5.41) is 0. The van der Waals surface area contributed by atoms with Gasteiger partial charge in [0.15, 0.2) is 0 Å². The molecule has 0 aliphatic carbocycles. The van der Waals surface area contributed by atoms with Gasteiger partial charge in [0.25, 0.3) is 0 Å². The minimum Gasteiger partial charge on any atom is -0.460 e. The number of hydrogen-bond acceptors (Lipinski definition) is 6. The van der Waals surface area contributed by atoms with Crippen molar-refractivity contribution in [2.45, 2.75) is 39.5 Å². The van der Waals surface area contributed by atoms with Gasteiger partial charge >= 0.3 is 23.5 Å². The molecule has 102 valence electrons. The van der Waals surface area contributed by atoms with Crippen LogP contribution in [0.1, 0.15) is 60.6 Å². The Kier molecular flexibility index (Phi) is 6.04. The van der Waals surface area contributed by atoms with Crippen molar-refractivity contribution in [3.63, 3.8) is 0 Å². The second kappa shape index (κ2) is 7.58. The van der Waals surface area contributed by atoms with Crippen LogP contribution in [0, 0.1) is 0 Å². The zero-order valence-corrected chi connectivity index (χ0v) is 10.7.